The highest BCUT2D eigenvalue weighted by atomic mass is 15.1. The topological polar surface area (TPSA) is 29.3 Å². The summed E-state index contributed by atoms with van der Waals surface area (Å²) in [6, 6.07) is 14.6. The highest BCUT2D eigenvalue weighted by Crippen LogP contribution is 2.32. The lowest BCUT2D eigenvalue weighted by Crippen LogP contribution is -2.18. The lowest BCUT2D eigenvalue weighted by atomic mass is 10.1. The van der Waals surface area contributed by atoms with Crippen molar-refractivity contribution >= 4 is 17.1 Å². The molecule has 0 atom stereocenters. The standard InChI is InChI=1S/C16H20N2/c1-4-18(15-8-6-5-7-13(15)3)16-11-12(2)9-10-14(16)17/h5-11H,4,17H2,1-3H3. The molecule has 0 aliphatic rings. The van der Waals surface area contributed by atoms with E-state index in [1.54, 1.807) is 0 Å². The maximum absolute atomic E-state index is 6.11. The zero-order valence-electron chi connectivity index (χ0n) is 11.3. The van der Waals surface area contributed by atoms with E-state index >= 15 is 0 Å². The van der Waals surface area contributed by atoms with Crippen molar-refractivity contribution in [3.05, 3.63) is 53.6 Å². The van der Waals surface area contributed by atoms with Gasteiger partial charge < -0.3 is 10.6 Å². The van der Waals surface area contributed by atoms with Crippen molar-refractivity contribution in [3.63, 3.8) is 0 Å². The molecule has 0 fully saturated rings. The maximum atomic E-state index is 6.11. The molecule has 0 radical (unpaired) electrons. The molecule has 2 aromatic rings. The van der Waals surface area contributed by atoms with Crippen molar-refractivity contribution in [1.82, 2.24) is 0 Å². The third kappa shape index (κ3) is 2.33. The number of benzene rings is 2. The number of hydrogen-bond acceptors (Lipinski definition) is 2. The van der Waals surface area contributed by atoms with Gasteiger partial charge >= 0.3 is 0 Å². The van der Waals surface area contributed by atoms with E-state index in [1.165, 1.54) is 16.8 Å². The van der Waals surface area contributed by atoms with Gasteiger partial charge in [0, 0.05) is 12.2 Å². The third-order valence-electron chi connectivity index (χ3n) is 3.20. The zero-order chi connectivity index (χ0) is 13.1. The van der Waals surface area contributed by atoms with Crippen molar-refractivity contribution in [3.8, 4) is 0 Å². The number of nitrogens with two attached hydrogens (primary N) is 1. The van der Waals surface area contributed by atoms with Crippen molar-refractivity contribution in [2.45, 2.75) is 20.8 Å². The second kappa shape index (κ2) is 5.13. The SMILES string of the molecule is CCN(c1ccccc1C)c1cc(C)ccc1N. The van der Waals surface area contributed by atoms with Gasteiger partial charge in [-0.1, -0.05) is 24.3 Å². The molecule has 2 heteroatoms. The summed E-state index contributed by atoms with van der Waals surface area (Å²) in [5.41, 5.74) is 11.7. The number of hydrogen-bond donors (Lipinski definition) is 1. The molecule has 0 bridgehead atoms. The number of nitrogen functional groups attached to an aromatic ring is 1. The minimum absolute atomic E-state index is 0.825. The minimum Gasteiger partial charge on any atom is -0.397 e. The third-order valence-corrected chi connectivity index (χ3v) is 3.20. The summed E-state index contributed by atoms with van der Waals surface area (Å²) in [5, 5.41) is 0. The maximum Gasteiger partial charge on any atom is 0.0647 e. The van der Waals surface area contributed by atoms with Crippen LogP contribution in [0.4, 0.5) is 17.1 Å². The number of para-hydroxylation sites is 1. The molecular weight excluding hydrogens is 220 g/mol. The summed E-state index contributed by atoms with van der Waals surface area (Å²) in [6.07, 6.45) is 0. The van der Waals surface area contributed by atoms with Gasteiger partial charge in [0.25, 0.3) is 0 Å². The predicted molar refractivity (Wildman–Crippen MR) is 79.5 cm³/mol. The van der Waals surface area contributed by atoms with Crippen LogP contribution in [0, 0.1) is 13.8 Å². The molecule has 0 aliphatic heterocycles. The fourth-order valence-electron chi connectivity index (χ4n) is 2.22. The normalized spacial score (nSPS) is 10.4. The lowest BCUT2D eigenvalue weighted by Gasteiger charge is -2.26. The van der Waals surface area contributed by atoms with Gasteiger partial charge in [0.15, 0.2) is 0 Å². The molecule has 2 N–H and O–H groups in total. The second-order valence-electron chi connectivity index (χ2n) is 4.59. The first kappa shape index (κ1) is 12.5. The van der Waals surface area contributed by atoms with Gasteiger partial charge in [0.1, 0.15) is 0 Å². The average Bonchev–Trinajstić information content (AvgIpc) is 2.36. The van der Waals surface area contributed by atoms with E-state index in [0.29, 0.717) is 0 Å². The van der Waals surface area contributed by atoms with Gasteiger partial charge in [0.2, 0.25) is 0 Å². The Morgan fingerprint density at radius 2 is 1.72 bits per heavy atom. The Bertz CT molecular complexity index is 547. The summed E-state index contributed by atoms with van der Waals surface area (Å²) in [5.74, 6) is 0. The van der Waals surface area contributed by atoms with Gasteiger partial charge in [-0.3, -0.25) is 0 Å². The summed E-state index contributed by atoms with van der Waals surface area (Å²) < 4.78 is 0. The first-order chi connectivity index (χ1) is 8.63. The van der Waals surface area contributed by atoms with E-state index in [1.807, 2.05) is 12.1 Å². The van der Waals surface area contributed by atoms with Crippen molar-refractivity contribution in [1.29, 1.82) is 0 Å². The smallest absolute Gasteiger partial charge is 0.0647 e. The van der Waals surface area contributed by atoms with Crippen LogP contribution in [0.2, 0.25) is 0 Å². The fraction of sp³-hybridized carbons (Fsp3) is 0.250. The molecule has 0 saturated heterocycles. The number of nitrogens with zero attached hydrogens (tertiary/aromatic N) is 1. The second-order valence-corrected chi connectivity index (χ2v) is 4.59. The zero-order valence-corrected chi connectivity index (χ0v) is 11.3. The summed E-state index contributed by atoms with van der Waals surface area (Å²) in [7, 11) is 0. The fourth-order valence-corrected chi connectivity index (χ4v) is 2.22. The van der Waals surface area contributed by atoms with Gasteiger partial charge in [-0.15, -0.1) is 0 Å². The molecular formula is C16H20N2. The van der Waals surface area contributed by atoms with Crippen LogP contribution in [0.25, 0.3) is 0 Å². The number of aryl methyl sites for hydroxylation is 2. The first-order valence-electron chi connectivity index (χ1n) is 6.32. The summed E-state index contributed by atoms with van der Waals surface area (Å²) in [6.45, 7) is 7.27. The number of anilines is 3. The Balaban J connectivity index is 2.52. The molecule has 0 aliphatic carbocycles. The molecule has 0 saturated carbocycles. The van der Waals surface area contributed by atoms with Crippen LogP contribution in [0.5, 0.6) is 0 Å². The van der Waals surface area contributed by atoms with E-state index in [9.17, 15) is 0 Å². The van der Waals surface area contributed by atoms with Crippen LogP contribution < -0.4 is 10.6 Å². The highest BCUT2D eigenvalue weighted by Gasteiger charge is 2.12. The van der Waals surface area contributed by atoms with E-state index in [0.717, 1.165) is 17.9 Å². The van der Waals surface area contributed by atoms with Crippen LogP contribution in [-0.4, -0.2) is 6.54 Å². The van der Waals surface area contributed by atoms with Crippen LogP contribution in [0.1, 0.15) is 18.1 Å². The highest BCUT2D eigenvalue weighted by molar-refractivity contribution is 5.76. The van der Waals surface area contributed by atoms with Crippen LogP contribution >= 0.6 is 0 Å². The van der Waals surface area contributed by atoms with E-state index < -0.39 is 0 Å². The first-order valence-corrected chi connectivity index (χ1v) is 6.32. The Morgan fingerprint density at radius 1 is 1.00 bits per heavy atom. The molecule has 94 valence electrons. The van der Waals surface area contributed by atoms with E-state index in [2.05, 4.69) is 56.0 Å². The van der Waals surface area contributed by atoms with Crippen molar-refractivity contribution < 1.29 is 0 Å². The molecule has 0 heterocycles. The lowest BCUT2D eigenvalue weighted by molar-refractivity contribution is 1.02. The molecule has 2 nitrogen and oxygen atoms in total. The predicted octanol–water partition coefficient (Wildman–Crippen LogP) is 4.04. The van der Waals surface area contributed by atoms with Gasteiger partial charge in [0.05, 0.1) is 11.4 Å². The summed E-state index contributed by atoms with van der Waals surface area (Å²) in [4.78, 5) is 2.26. The molecule has 2 rings (SSSR count). The largest absolute Gasteiger partial charge is 0.397 e. The van der Waals surface area contributed by atoms with Crippen molar-refractivity contribution in [2.75, 3.05) is 17.2 Å². The Labute approximate surface area is 109 Å². The summed E-state index contributed by atoms with van der Waals surface area (Å²) >= 11 is 0. The molecule has 2 aromatic carbocycles. The van der Waals surface area contributed by atoms with Gasteiger partial charge in [-0.25, -0.2) is 0 Å². The Hall–Kier alpha value is -1.96. The molecule has 0 amide bonds. The van der Waals surface area contributed by atoms with E-state index in [-0.39, 0.29) is 0 Å². The van der Waals surface area contributed by atoms with Crippen LogP contribution in [0.3, 0.4) is 0 Å². The van der Waals surface area contributed by atoms with Crippen LogP contribution in [-0.2, 0) is 0 Å². The Morgan fingerprint density at radius 3 is 2.39 bits per heavy atom. The Kier molecular flexibility index (Phi) is 3.56. The van der Waals surface area contributed by atoms with E-state index in [4.69, 9.17) is 5.73 Å². The van der Waals surface area contributed by atoms with Crippen molar-refractivity contribution in [2.24, 2.45) is 0 Å². The molecule has 18 heavy (non-hydrogen) atoms. The van der Waals surface area contributed by atoms with Crippen LogP contribution in [0.15, 0.2) is 42.5 Å². The van der Waals surface area contributed by atoms with Gasteiger partial charge in [-0.2, -0.15) is 0 Å². The number of rotatable bonds is 3. The quantitative estimate of drug-likeness (QED) is 0.820. The average molecular weight is 240 g/mol. The molecule has 0 aromatic heterocycles. The molecule has 0 spiro atoms. The monoisotopic (exact) mass is 240 g/mol. The molecule has 0 unspecified atom stereocenters. The minimum atomic E-state index is 0.825. The van der Waals surface area contributed by atoms with Gasteiger partial charge in [-0.05, 0) is 50.1 Å².